The molecule has 1 aromatic heterocycles. The van der Waals surface area contributed by atoms with Gasteiger partial charge in [-0.25, -0.2) is 9.37 Å². The van der Waals surface area contributed by atoms with Crippen LogP contribution in [-0.4, -0.2) is 23.1 Å². The summed E-state index contributed by atoms with van der Waals surface area (Å²) in [5.74, 6) is 1.30. The van der Waals surface area contributed by atoms with Crippen LogP contribution in [0.5, 0.6) is 0 Å². The summed E-state index contributed by atoms with van der Waals surface area (Å²) in [7, 11) is 0. The van der Waals surface area contributed by atoms with Gasteiger partial charge in [0.1, 0.15) is 11.6 Å². The largest absolute Gasteiger partial charge is 0.356 e. The number of nitrogens with one attached hydrogen (secondary N) is 1. The third-order valence-corrected chi connectivity index (χ3v) is 3.67. The number of halogens is 1. The molecule has 1 N–H and O–H groups in total. The van der Waals surface area contributed by atoms with Crippen molar-refractivity contribution in [1.29, 1.82) is 0 Å². The molecular weight excluding hydrogens is 267 g/mol. The van der Waals surface area contributed by atoms with E-state index < -0.39 is 0 Å². The van der Waals surface area contributed by atoms with E-state index >= 15 is 0 Å². The van der Waals surface area contributed by atoms with Gasteiger partial charge >= 0.3 is 0 Å². The van der Waals surface area contributed by atoms with Gasteiger partial charge in [0.15, 0.2) is 0 Å². The number of aromatic nitrogens is 2. The van der Waals surface area contributed by atoms with Crippen molar-refractivity contribution in [1.82, 2.24) is 9.97 Å². The number of hydrogen-bond donors (Lipinski definition) is 1. The third-order valence-electron chi connectivity index (χ3n) is 3.67. The van der Waals surface area contributed by atoms with Crippen LogP contribution < -0.4 is 10.2 Å². The normalized spacial score (nSPS) is 14.5. The second-order valence-electron chi connectivity index (χ2n) is 5.33. The maximum absolute atomic E-state index is 13.6. The molecule has 1 aliphatic heterocycles. The predicted molar refractivity (Wildman–Crippen MR) is 81.9 cm³/mol. The maximum Gasteiger partial charge on any atom is 0.225 e. The van der Waals surface area contributed by atoms with E-state index in [1.165, 1.54) is 18.9 Å². The van der Waals surface area contributed by atoms with Crippen molar-refractivity contribution in [3.05, 3.63) is 47.4 Å². The molecule has 110 valence electrons. The molecule has 1 aliphatic rings. The van der Waals surface area contributed by atoms with Crippen LogP contribution in [0.4, 0.5) is 16.2 Å². The average Bonchev–Trinajstić information content (AvgIpc) is 3.00. The van der Waals surface area contributed by atoms with E-state index in [1.54, 1.807) is 12.1 Å². The Morgan fingerprint density at radius 3 is 2.71 bits per heavy atom. The SMILES string of the molecule is Cc1cc(N2CCCC2)nc(NCc2ccccc2F)n1. The molecule has 21 heavy (non-hydrogen) atoms. The molecular formula is C16H19FN4. The fourth-order valence-electron chi connectivity index (χ4n) is 2.56. The lowest BCUT2D eigenvalue weighted by Gasteiger charge is -2.17. The van der Waals surface area contributed by atoms with E-state index in [2.05, 4.69) is 20.2 Å². The summed E-state index contributed by atoms with van der Waals surface area (Å²) >= 11 is 0. The van der Waals surface area contributed by atoms with Gasteiger partial charge in [-0.2, -0.15) is 4.98 Å². The Morgan fingerprint density at radius 1 is 1.19 bits per heavy atom. The summed E-state index contributed by atoms with van der Waals surface area (Å²) in [5.41, 5.74) is 1.54. The number of rotatable bonds is 4. The molecule has 2 heterocycles. The molecule has 0 aliphatic carbocycles. The Morgan fingerprint density at radius 2 is 1.95 bits per heavy atom. The zero-order valence-corrected chi connectivity index (χ0v) is 12.1. The van der Waals surface area contributed by atoms with Crippen molar-refractivity contribution in [2.24, 2.45) is 0 Å². The van der Waals surface area contributed by atoms with Crippen molar-refractivity contribution in [2.75, 3.05) is 23.3 Å². The van der Waals surface area contributed by atoms with Gasteiger partial charge in [-0.1, -0.05) is 18.2 Å². The molecule has 2 aromatic rings. The third kappa shape index (κ3) is 3.29. The van der Waals surface area contributed by atoms with Crippen LogP contribution >= 0.6 is 0 Å². The van der Waals surface area contributed by atoms with Crippen molar-refractivity contribution in [3.63, 3.8) is 0 Å². The van der Waals surface area contributed by atoms with Crippen LogP contribution in [0.2, 0.25) is 0 Å². The topological polar surface area (TPSA) is 41.1 Å². The number of aryl methyl sites for hydroxylation is 1. The minimum atomic E-state index is -0.211. The molecule has 0 atom stereocenters. The van der Waals surface area contributed by atoms with Crippen LogP contribution in [0.3, 0.4) is 0 Å². The first-order valence-electron chi connectivity index (χ1n) is 7.30. The van der Waals surface area contributed by atoms with E-state index in [0.29, 0.717) is 18.1 Å². The Bertz CT molecular complexity index is 623. The first kappa shape index (κ1) is 13.8. The zero-order valence-electron chi connectivity index (χ0n) is 12.1. The molecule has 0 amide bonds. The number of nitrogens with zero attached hydrogens (tertiary/aromatic N) is 3. The van der Waals surface area contributed by atoms with Crippen LogP contribution in [0, 0.1) is 12.7 Å². The molecule has 4 nitrogen and oxygen atoms in total. The summed E-state index contributed by atoms with van der Waals surface area (Å²) in [6, 6.07) is 8.74. The zero-order chi connectivity index (χ0) is 14.7. The quantitative estimate of drug-likeness (QED) is 0.937. The Kier molecular flexibility index (Phi) is 3.99. The lowest BCUT2D eigenvalue weighted by Crippen LogP contribution is -2.20. The smallest absolute Gasteiger partial charge is 0.225 e. The summed E-state index contributed by atoms with van der Waals surface area (Å²) < 4.78 is 13.6. The van der Waals surface area contributed by atoms with Crippen molar-refractivity contribution in [3.8, 4) is 0 Å². The fourth-order valence-corrected chi connectivity index (χ4v) is 2.56. The summed E-state index contributed by atoms with van der Waals surface area (Å²) in [6.45, 7) is 4.43. The van der Waals surface area contributed by atoms with Crippen molar-refractivity contribution >= 4 is 11.8 Å². The first-order valence-corrected chi connectivity index (χ1v) is 7.30. The van der Waals surface area contributed by atoms with E-state index in [4.69, 9.17) is 0 Å². The number of hydrogen-bond acceptors (Lipinski definition) is 4. The van der Waals surface area contributed by atoms with E-state index in [1.807, 2.05) is 19.1 Å². The second kappa shape index (κ2) is 6.08. The van der Waals surface area contributed by atoms with E-state index in [-0.39, 0.29) is 5.82 Å². The monoisotopic (exact) mass is 286 g/mol. The molecule has 5 heteroatoms. The number of anilines is 2. The summed E-state index contributed by atoms with van der Waals surface area (Å²) in [4.78, 5) is 11.2. The first-order chi connectivity index (χ1) is 10.2. The Labute approximate surface area is 124 Å². The van der Waals surface area contributed by atoms with Gasteiger partial charge in [0.2, 0.25) is 5.95 Å². The molecule has 0 saturated carbocycles. The molecule has 1 aromatic carbocycles. The lowest BCUT2D eigenvalue weighted by molar-refractivity contribution is 0.612. The predicted octanol–water partition coefficient (Wildman–Crippen LogP) is 3.14. The molecule has 1 fully saturated rings. The summed E-state index contributed by atoms with van der Waals surface area (Å²) in [5, 5.41) is 3.12. The highest BCUT2D eigenvalue weighted by atomic mass is 19.1. The van der Waals surface area contributed by atoms with Gasteiger partial charge in [0.25, 0.3) is 0 Å². The molecule has 0 radical (unpaired) electrons. The minimum absolute atomic E-state index is 0.211. The highest BCUT2D eigenvalue weighted by molar-refractivity contribution is 5.45. The second-order valence-corrected chi connectivity index (χ2v) is 5.33. The minimum Gasteiger partial charge on any atom is -0.356 e. The van der Waals surface area contributed by atoms with Crippen LogP contribution in [0.25, 0.3) is 0 Å². The molecule has 3 rings (SSSR count). The fraction of sp³-hybridized carbons (Fsp3) is 0.375. The maximum atomic E-state index is 13.6. The average molecular weight is 286 g/mol. The van der Waals surface area contributed by atoms with Gasteiger partial charge in [-0.3, -0.25) is 0 Å². The van der Waals surface area contributed by atoms with Gasteiger partial charge in [0, 0.05) is 37.0 Å². The van der Waals surface area contributed by atoms with E-state index in [9.17, 15) is 4.39 Å². The van der Waals surface area contributed by atoms with Crippen LogP contribution in [-0.2, 0) is 6.54 Å². The highest BCUT2D eigenvalue weighted by Gasteiger charge is 2.15. The van der Waals surface area contributed by atoms with Gasteiger partial charge < -0.3 is 10.2 Å². The highest BCUT2D eigenvalue weighted by Crippen LogP contribution is 2.20. The van der Waals surface area contributed by atoms with E-state index in [0.717, 1.165) is 24.6 Å². The summed E-state index contributed by atoms with van der Waals surface area (Å²) in [6.07, 6.45) is 2.42. The molecule has 0 bridgehead atoms. The Hall–Kier alpha value is -2.17. The van der Waals surface area contributed by atoms with Gasteiger partial charge in [-0.05, 0) is 25.8 Å². The Balaban J connectivity index is 1.74. The van der Waals surface area contributed by atoms with Gasteiger partial charge in [0.05, 0.1) is 0 Å². The molecule has 1 saturated heterocycles. The van der Waals surface area contributed by atoms with Gasteiger partial charge in [-0.15, -0.1) is 0 Å². The van der Waals surface area contributed by atoms with Crippen molar-refractivity contribution < 1.29 is 4.39 Å². The number of benzene rings is 1. The van der Waals surface area contributed by atoms with Crippen LogP contribution in [0.1, 0.15) is 24.1 Å². The lowest BCUT2D eigenvalue weighted by atomic mass is 10.2. The van der Waals surface area contributed by atoms with Crippen LogP contribution in [0.15, 0.2) is 30.3 Å². The van der Waals surface area contributed by atoms with Crippen molar-refractivity contribution in [2.45, 2.75) is 26.3 Å². The molecule has 0 spiro atoms. The molecule has 0 unspecified atom stereocenters. The standard InChI is InChI=1S/C16H19FN4/c1-12-10-15(21-8-4-5-9-21)20-16(19-12)18-11-13-6-2-3-7-14(13)17/h2-3,6-7,10H,4-5,8-9,11H2,1H3,(H,18,19,20).